The number of H-pyrrole nitrogens is 1. The number of halogens is 2. The van der Waals surface area contributed by atoms with Crippen LogP contribution in [0.2, 0.25) is 0 Å². The number of nitrogens with zero attached hydrogens (tertiary/aromatic N) is 3. The third-order valence-corrected chi connectivity index (χ3v) is 7.68. The summed E-state index contributed by atoms with van der Waals surface area (Å²) in [5, 5.41) is 12.9. The van der Waals surface area contributed by atoms with Crippen LogP contribution in [0.3, 0.4) is 0 Å². The van der Waals surface area contributed by atoms with Crippen molar-refractivity contribution in [1.29, 1.82) is 5.26 Å². The number of fused-ring (bicyclic) bond motifs is 3. The van der Waals surface area contributed by atoms with Crippen molar-refractivity contribution in [2.75, 3.05) is 18.9 Å². The Bertz CT molecular complexity index is 1550. The van der Waals surface area contributed by atoms with Gasteiger partial charge >= 0.3 is 0 Å². The molecule has 10 heteroatoms. The smallest absolute Gasteiger partial charge is 0.270 e. The number of hydrogen-bond acceptors (Lipinski definition) is 4. The molecule has 8 nitrogen and oxygen atoms in total. The molecule has 3 amide bonds. The summed E-state index contributed by atoms with van der Waals surface area (Å²) in [6, 6.07) is 10.7. The highest BCUT2D eigenvalue weighted by Crippen LogP contribution is 2.46. The average molecular weight is 534 g/mol. The second-order valence-corrected chi connectivity index (χ2v) is 11.6. The molecular formula is C29H29F2N5O3. The number of carbonyl (C=O) groups excluding carboxylic acids is 3. The summed E-state index contributed by atoms with van der Waals surface area (Å²) in [4.78, 5) is 46.3. The number of benzene rings is 2. The highest BCUT2D eigenvalue weighted by molar-refractivity contribution is 6.07. The molecule has 0 bridgehead atoms. The van der Waals surface area contributed by atoms with Gasteiger partial charge < -0.3 is 20.1 Å². The molecule has 1 spiro atoms. The molecule has 1 fully saturated rings. The number of nitrogens with one attached hydrogen (secondary N) is 2. The fraction of sp³-hybridized carbons (Fsp3) is 0.379. The first kappa shape index (κ1) is 26.4. The Morgan fingerprint density at radius 2 is 1.95 bits per heavy atom. The number of carbonyl (C=O) groups is 3. The predicted octanol–water partition coefficient (Wildman–Crippen LogP) is 4.34. The Kier molecular flexibility index (Phi) is 6.21. The third kappa shape index (κ3) is 4.42. The van der Waals surface area contributed by atoms with Gasteiger partial charge in [0.05, 0.1) is 17.0 Å². The van der Waals surface area contributed by atoms with Crippen LogP contribution < -0.4 is 5.32 Å². The van der Waals surface area contributed by atoms with Crippen molar-refractivity contribution in [1.82, 2.24) is 14.8 Å². The van der Waals surface area contributed by atoms with Crippen molar-refractivity contribution in [3.05, 3.63) is 65.4 Å². The molecule has 3 atom stereocenters. The summed E-state index contributed by atoms with van der Waals surface area (Å²) in [7, 11) is 1.48. The highest BCUT2D eigenvalue weighted by atomic mass is 19.1. The summed E-state index contributed by atoms with van der Waals surface area (Å²) in [5.74, 6) is -2.88. The number of aromatic nitrogens is 1. The van der Waals surface area contributed by atoms with E-state index in [2.05, 4.69) is 16.4 Å². The van der Waals surface area contributed by atoms with E-state index in [9.17, 15) is 28.4 Å². The van der Waals surface area contributed by atoms with Crippen LogP contribution in [-0.4, -0.2) is 58.2 Å². The molecule has 202 valence electrons. The number of anilines is 1. The second kappa shape index (κ2) is 9.19. The molecule has 2 N–H and O–H groups in total. The molecule has 3 heterocycles. The van der Waals surface area contributed by atoms with Gasteiger partial charge in [0.15, 0.2) is 0 Å². The monoisotopic (exact) mass is 533 g/mol. The van der Waals surface area contributed by atoms with Gasteiger partial charge in [-0.3, -0.25) is 14.4 Å². The molecule has 0 unspecified atom stereocenters. The molecule has 0 aliphatic carbocycles. The Hall–Kier alpha value is -4.26. The van der Waals surface area contributed by atoms with Gasteiger partial charge in [-0.15, -0.1) is 0 Å². The summed E-state index contributed by atoms with van der Waals surface area (Å²) >= 11 is 0. The first-order valence-electron chi connectivity index (χ1n) is 12.7. The molecule has 0 radical (unpaired) electrons. The van der Waals surface area contributed by atoms with Crippen LogP contribution in [0.1, 0.15) is 49.7 Å². The van der Waals surface area contributed by atoms with Crippen molar-refractivity contribution >= 4 is 34.3 Å². The average Bonchev–Trinajstić information content (AvgIpc) is 3.55. The SMILES string of the molecule is CN(C(=O)c1cc2c(F)cc(F)cc2[nH]1)[C@@H](CC(C)(C)C)C(=O)N1C[C@]2(C[C@H]1C#N)C(=O)Nc1ccccc12. The van der Waals surface area contributed by atoms with Gasteiger partial charge in [-0.1, -0.05) is 39.0 Å². The van der Waals surface area contributed by atoms with Gasteiger partial charge in [-0.25, -0.2) is 8.78 Å². The maximum absolute atomic E-state index is 14.3. The summed E-state index contributed by atoms with van der Waals surface area (Å²) in [5.41, 5.74) is 0.0912. The summed E-state index contributed by atoms with van der Waals surface area (Å²) < 4.78 is 28.0. The Labute approximate surface area is 224 Å². The molecular weight excluding hydrogens is 504 g/mol. The molecule has 2 aliphatic heterocycles. The minimum absolute atomic E-state index is 0.00235. The van der Waals surface area contributed by atoms with Crippen LogP contribution in [0, 0.1) is 28.4 Å². The van der Waals surface area contributed by atoms with Crippen LogP contribution >= 0.6 is 0 Å². The lowest BCUT2D eigenvalue weighted by molar-refractivity contribution is -0.137. The third-order valence-electron chi connectivity index (χ3n) is 7.68. The van der Waals surface area contributed by atoms with Crippen molar-refractivity contribution in [2.24, 2.45) is 5.41 Å². The standard InChI is InChI=1S/C29H29F2N5O3/c1-28(2,3)13-24(35(4)25(37)23-11-18-20(31)9-16(30)10-22(18)33-23)26(38)36-15-29(12-17(36)14-32)19-7-5-6-8-21(19)34-27(29)39/h5-11,17,24,33H,12-13,15H2,1-4H3,(H,34,39)/t17-,24-,29-/m0/s1. The molecule has 39 heavy (non-hydrogen) atoms. The van der Waals surface area contributed by atoms with E-state index < -0.39 is 40.9 Å². The normalized spacial score (nSPS) is 21.1. The van der Waals surface area contributed by atoms with Gasteiger partial charge in [0, 0.05) is 37.2 Å². The zero-order valence-corrected chi connectivity index (χ0v) is 22.1. The van der Waals surface area contributed by atoms with Crippen LogP contribution in [-0.2, 0) is 15.0 Å². The molecule has 5 rings (SSSR count). The van der Waals surface area contributed by atoms with Gasteiger partial charge in [0.1, 0.15) is 29.4 Å². The van der Waals surface area contributed by atoms with E-state index in [1.165, 1.54) is 22.9 Å². The maximum atomic E-state index is 14.3. The van der Waals surface area contributed by atoms with E-state index in [1.807, 2.05) is 39.0 Å². The van der Waals surface area contributed by atoms with Crippen molar-refractivity contribution in [3.63, 3.8) is 0 Å². The van der Waals surface area contributed by atoms with Crippen LogP contribution in [0.15, 0.2) is 42.5 Å². The van der Waals surface area contributed by atoms with Gasteiger partial charge in [0.2, 0.25) is 11.8 Å². The fourth-order valence-corrected chi connectivity index (χ4v) is 5.75. The summed E-state index contributed by atoms with van der Waals surface area (Å²) in [6.07, 6.45) is 0.409. The predicted molar refractivity (Wildman–Crippen MR) is 141 cm³/mol. The topological polar surface area (TPSA) is 109 Å². The lowest BCUT2D eigenvalue weighted by Gasteiger charge is -2.35. The van der Waals surface area contributed by atoms with E-state index in [1.54, 1.807) is 6.07 Å². The first-order chi connectivity index (χ1) is 18.3. The number of rotatable bonds is 4. The number of para-hydroxylation sites is 1. The number of likely N-dealkylation sites (N-methyl/N-ethyl adjacent to an activating group) is 1. The number of amides is 3. The lowest BCUT2D eigenvalue weighted by atomic mass is 9.80. The number of aromatic amines is 1. The lowest BCUT2D eigenvalue weighted by Crippen LogP contribution is -2.52. The van der Waals surface area contributed by atoms with Gasteiger partial charge in [-0.05, 0) is 35.6 Å². The zero-order valence-electron chi connectivity index (χ0n) is 22.1. The van der Waals surface area contributed by atoms with E-state index in [4.69, 9.17) is 0 Å². The van der Waals surface area contributed by atoms with E-state index in [0.29, 0.717) is 5.69 Å². The molecule has 0 saturated carbocycles. The van der Waals surface area contributed by atoms with Crippen LogP contribution in [0.5, 0.6) is 0 Å². The van der Waals surface area contributed by atoms with Crippen molar-refractivity contribution in [2.45, 2.75) is 51.1 Å². The quantitative estimate of drug-likeness (QED) is 0.520. The van der Waals surface area contributed by atoms with Gasteiger partial charge in [0.25, 0.3) is 5.91 Å². The number of likely N-dealkylation sites (tertiary alicyclic amines) is 1. The molecule has 1 aromatic heterocycles. The molecule has 2 aromatic carbocycles. The molecule has 3 aromatic rings. The highest BCUT2D eigenvalue weighted by Gasteiger charge is 2.56. The minimum atomic E-state index is -1.06. The number of hydrogen-bond donors (Lipinski definition) is 2. The fourth-order valence-electron chi connectivity index (χ4n) is 5.75. The van der Waals surface area contributed by atoms with Crippen LogP contribution in [0.25, 0.3) is 10.9 Å². The largest absolute Gasteiger partial charge is 0.350 e. The van der Waals surface area contributed by atoms with Crippen molar-refractivity contribution in [3.8, 4) is 6.07 Å². The van der Waals surface area contributed by atoms with E-state index in [0.717, 1.165) is 17.7 Å². The second-order valence-electron chi connectivity index (χ2n) is 11.6. The van der Waals surface area contributed by atoms with Crippen LogP contribution in [0.4, 0.5) is 14.5 Å². The Morgan fingerprint density at radius 3 is 2.64 bits per heavy atom. The minimum Gasteiger partial charge on any atom is -0.350 e. The van der Waals surface area contributed by atoms with E-state index in [-0.39, 0.29) is 47.3 Å². The Balaban J connectivity index is 1.49. The molecule has 2 aliphatic rings. The van der Waals surface area contributed by atoms with Crippen molar-refractivity contribution < 1.29 is 23.2 Å². The first-order valence-corrected chi connectivity index (χ1v) is 12.7. The zero-order chi connectivity index (χ0) is 28.3. The molecule has 1 saturated heterocycles. The summed E-state index contributed by atoms with van der Waals surface area (Å²) in [6.45, 7) is 5.80. The maximum Gasteiger partial charge on any atom is 0.270 e. The van der Waals surface area contributed by atoms with Gasteiger partial charge in [-0.2, -0.15) is 5.26 Å². The Morgan fingerprint density at radius 1 is 1.23 bits per heavy atom. The number of nitriles is 1. The van der Waals surface area contributed by atoms with E-state index >= 15 is 0 Å².